The monoisotopic (exact) mass is 271 g/mol. The fourth-order valence-corrected chi connectivity index (χ4v) is 1.89. The van der Waals surface area contributed by atoms with E-state index < -0.39 is 0 Å². The van der Waals surface area contributed by atoms with E-state index in [4.69, 9.17) is 27.9 Å². The standard InChI is InChI=1S/C11H11Cl2N3O/c1-7-3-9(10(17-2)4-8(7)13)16-6-14-15-11(16)5-12/h3-4,6H,5H2,1-2H3. The number of ether oxygens (including phenoxy) is 1. The van der Waals surface area contributed by atoms with Crippen LogP contribution in [0.3, 0.4) is 0 Å². The zero-order valence-electron chi connectivity index (χ0n) is 9.44. The second-order valence-corrected chi connectivity index (χ2v) is 4.20. The summed E-state index contributed by atoms with van der Waals surface area (Å²) in [6, 6.07) is 3.69. The van der Waals surface area contributed by atoms with Gasteiger partial charge in [0.15, 0.2) is 5.82 Å². The highest BCUT2D eigenvalue weighted by molar-refractivity contribution is 6.31. The number of hydrogen-bond acceptors (Lipinski definition) is 3. The van der Waals surface area contributed by atoms with Crippen LogP contribution in [0, 0.1) is 6.92 Å². The van der Waals surface area contributed by atoms with Crippen molar-refractivity contribution in [3.05, 3.63) is 34.9 Å². The van der Waals surface area contributed by atoms with Crippen LogP contribution in [0.25, 0.3) is 5.69 Å². The number of rotatable bonds is 3. The highest BCUT2D eigenvalue weighted by atomic mass is 35.5. The second-order valence-electron chi connectivity index (χ2n) is 3.52. The summed E-state index contributed by atoms with van der Waals surface area (Å²) in [5, 5.41) is 8.43. The average Bonchev–Trinajstić information content (AvgIpc) is 2.80. The van der Waals surface area contributed by atoms with Gasteiger partial charge >= 0.3 is 0 Å². The van der Waals surface area contributed by atoms with E-state index in [0.29, 0.717) is 16.6 Å². The van der Waals surface area contributed by atoms with E-state index in [1.807, 2.05) is 13.0 Å². The quantitative estimate of drug-likeness (QED) is 0.806. The van der Waals surface area contributed by atoms with Crippen LogP contribution in [0.15, 0.2) is 18.5 Å². The van der Waals surface area contributed by atoms with Gasteiger partial charge in [-0.15, -0.1) is 21.8 Å². The number of hydrogen-bond donors (Lipinski definition) is 0. The number of nitrogens with zero attached hydrogens (tertiary/aromatic N) is 3. The summed E-state index contributed by atoms with van der Waals surface area (Å²) in [5.74, 6) is 1.60. The van der Waals surface area contributed by atoms with E-state index in [1.54, 1.807) is 24.1 Å². The van der Waals surface area contributed by atoms with Gasteiger partial charge in [-0.1, -0.05) is 11.6 Å². The van der Waals surface area contributed by atoms with Crippen molar-refractivity contribution in [2.75, 3.05) is 7.11 Å². The van der Waals surface area contributed by atoms with E-state index in [-0.39, 0.29) is 5.88 Å². The summed E-state index contributed by atoms with van der Waals surface area (Å²) in [4.78, 5) is 0. The molecule has 0 unspecified atom stereocenters. The van der Waals surface area contributed by atoms with Gasteiger partial charge in [0.1, 0.15) is 12.1 Å². The predicted molar refractivity (Wildman–Crippen MR) is 67.2 cm³/mol. The Labute approximate surface area is 109 Å². The van der Waals surface area contributed by atoms with Crippen LogP contribution in [0.1, 0.15) is 11.4 Å². The summed E-state index contributed by atoms with van der Waals surface area (Å²) in [6.45, 7) is 1.93. The Balaban J connectivity index is 2.62. The molecule has 2 aromatic rings. The summed E-state index contributed by atoms with van der Waals surface area (Å²) in [5.41, 5.74) is 1.78. The maximum absolute atomic E-state index is 6.05. The molecule has 2 rings (SSSR count). The first-order valence-electron chi connectivity index (χ1n) is 4.96. The largest absolute Gasteiger partial charge is 0.495 e. The molecule has 1 heterocycles. The van der Waals surface area contributed by atoms with Crippen molar-refractivity contribution in [2.24, 2.45) is 0 Å². The second kappa shape index (κ2) is 4.94. The van der Waals surface area contributed by atoms with Gasteiger partial charge in [-0.05, 0) is 18.6 Å². The minimum atomic E-state index is 0.283. The van der Waals surface area contributed by atoms with Gasteiger partial charge in [-0.25, -0.2) is 0 Å². The predicted octanol–water partition coefficient (Wildman–Crippen LogP) is 2.98. The van der Waals surface area contributed by atoms with Crippen LogP contribution >= 0.6 is 23.2 Å². The van der Waals surface area contributed by atoms with E-state index in [0.717, 1.165) is 11.3 Å². The highest BCUT2D eigenvalue weighted by Gasteiger charge is 2.12. The first kappa shape index (κ1) is 12.2. The molecular weight excluding hydrogens is 261 g/mol. The maximum atomic E-state index is 6.05. The molecule has 0 bridgehead atoms. The molecule has 1 aromatic heterocycles. The van der Waals surface area contributed by atoms with Crippen molar-refractivity contribution in [3.8, 4) is 11.4 Å². The van der Waals surface area contributed by atoms with Crippen molar-refractivity contribution in [3.63, 3.8) is 0 Å². The lowest BCUT2D eigenvalue weighted by molar-refractivity contribution is 0.412. The lowest BCUT2D eigenvalue weighted by atomic mass is 10.2. The lowest BCUT2D eigenvalue weighted by Crippen LogP contribution is -2.01. The van der Waals surface area contributed by atoms with Gasteiger partial charge in [0.05, 0.1) is 18.7 Å². The van der Waals surface area contributed by atoms with Crippen LogP contribution in [0.2, 0.25) is 5.02 Å². The molecule has 90 valence electrons. The Hall–Kier alpha value is -1.26. The highest BCUT2D eigenvalue weighted by Crippen LogP contribution is 2.30. The van der Waals surface area contributed by atoms with E-state index in [2.05, 4.69) is 10.2 Å². The minimum Gasteiger partial charge on any atom is -0.495 e. The molecule has 0 radical (unpaired) electrons. The average molecular weight is 272 g/mol. The molecule has 4 nitrogen and oxygen atoms in total. The molecule has 0 atom stereocenters. The third kappa shape index (κ3) is 2.23. The first-order valence-corrected chi connectivity index (χ1v) is 5.88. The molecule has 0 saturated heterocycles. The molecule has 0 fully saturated rings. The fraction of sp³-hybridized carbons (Fsp3) is 0.273. The topological polar surface area (TPSA) is 39.9 Å². The van der Waals surface area contributed by atoms with Crippen LogP contribution in [-0.4, -0.2) is 21.9 Å². The number of aromatic nitrogens is 3. The molecular formula is C11H11Cl2N3O. The Kier molecular flexibility index (Phi) is 3.54. The van der Waals surface area contributed by atoms with Gasteiger partial charge in [0.2, 0.25) is 0 Å². The first-order chi connectivity index (χ1) is 8.17. The van der Waals surface area contributed by atoms with Gasteiger partial charge in [-0.2, -0.15) is 0 Å². The maximum Gasteiger partial charge on any atom is 0.152 e. The molecule has 17 heavy (non-hydrogen) atoms. The van der Waals surface area contributed by atoms with E-state index in [1.165, 1.54) is 0 Å². The molecule has 0 aliphatic rings. The Morgan fingerprint density at radius 3 is 2.82 bits per heavy atom. The molecule has 0 N–H and O–H groups in total. The normalized spacial score (nSPS) is 10.6. The Morgan fingerprint density at radius 2 is 2.18 bits per heavy atom. The molecule has 0 spiro atoms. The Bertz CT molecular complexity index is 540. The smallest absolute Gasteiger partial charge is 0.152 e. The molecule has 0 aliphatic heterocycles. The summed E-state index contributed by atoms with van der Waals surface area (Å²) in [7, 11) is 1.59. The number of alkyl halides is 1. The summed E-state index contributed by atoms with van der Waals surface area (Å²) >= 11 is 11.9. The Morgan fingerprint density at radius 1 is 1.41 bits per heavy atom. The van der Waals surface area contributed by atoms with Crippen molar-refractivity contribution in [2.45, 2.75) is 12.8 Å². The zero-order valence-corrected chi connectivity index (χ0v) is 11.0. The molecule has 6 heteroatoms. The van der Waals surface area contributed by atoms with Crippen molar-refractivity contribution in [1.82, 2.24) is 14.8 Å². The van der Waals surface area contributed by atoms with Crippen LogP contribution < -0.4 is 4.74 Å². The number of halogens is 2. The van der Waals surface area contributed by atoms with Gasteiger partial charge < -0.3 is 4.74 Å². The number of benzene rings is 1. The van der Waals surface area contributed by atoms with Crippen molar-refractivity contribution in [1.29, 1.82) is 0 Å². The summed E-state index contributed by atoms with van der Waals surface area (Å²) < 4.78 is 7.09. The van der Waals surface area contributed by atoms with Crippen LogP contribution in [0.4, 0.5) is 0 Å². The molecule has 0 saturated carbocycles. The van der Waals surface area contributed by atoms with Gasteiger partial charge in [0.25, 0.3) is 0 Å². The van der Waals surface area contributed by atoms with Gasteiger partial charge in [-0.3, -0.25) is 4.57 Å². The van der Waals surface area contributed by atoms with Crippen LogP contribution in [0.5, 0.6) is 5.75 Å². The third-order valence-corrected chi connectivity index (χ3v) is 3.10. The number of methoxy groups -OCH3 is 1. The number of aryl methyl sites for hydroxylation is 1. The van der Waals surface area contributed by atoms with Crippen molar-refractivity contribution < 1.29 is 4.74 Å². The van der Waals surface area contributed by atoms with Crippen molar-refractivity contribution >= 4 is 23.2 Å². The molecule has 1 aromatic carbocycles. The SMILES string of the molecule is COc1cc(Cl)c(C)cc1-n1cnnc1CCl. The minimum absolute atomic E-state index is 0.283. The third-order valence-electron chi connectivity index (χ3n) is 2.46. The molecule has 0 aliphatic carbocycles. The van der Waals surface area contributed by atoms with E-state index >= 15 is 0 Å². The fourth-order valence-electron chi connectivity index (χ4n) is 1.55. The lowest BCUT2D eigenvalue weighted by Gasteiger charge is -2.12. The van der Waals surface area contributed by atoms with Gasteiger partial charge in [0, 0.05) is 11.1 Å². The molecule has 0 amide bonds. The van der Waals surface area contributed by atoms with E-state index in [9.17, 15) is 0 Å². The zero-order chi connectivity index (χ0) is 12.4. The summed E-state index contributed by atoms with van der Waals surface area (Å²) in [6.07, 6.45) is 1.60. The van der Waals surface area contributed by atoms with Crippen LogP contribution in [-0.2, 0) is 5.88 Å².